The maximum Gasteiger partial charge on any atom is 0.306 e. The van der Waals surface area contributed by atoms with E-state index in [1.807, 2.05) is 0 Å². The predicted molar refractivity (Wildman–Crippen MR) is 74.2 cm³/mol. The van der Waals surface area contributed by atoms with Crippen molar-refractivity contribution in [1.82, 2.24) is 0 Å². The molecule has 9 heteroatoms. The lowest BCUT2D eigenvalue weighted by molar-refractivity contribution is -0.385. The number of nitrogens with zero attached hydrogens (tertiary/aromatic N) is 1. The molecule has 0 radical (unpaired) electrons. The molecular formula is C12H13NO7S. The van der Waals surface area contributed by atoms with Crippen molar-refractivity contribution in [2.75, 3.05) is 12.9 Å². The second kappa shape index (κ2) is 6.84. The van der Waals surface area contributed by atoms with E-state index in [1.165, 1.54) is 31.2 Å². The zero-order valence-electron chi connectivity index (χ0n) is 11.3. The Balaban J connectivity index is 3.00. The molecule has 0 atom stereocenters. The third-order valence-corrected chi connectivity index (χ3v) is 2.62. The normalized spacial score (nSPS) is 11.3. The topological polar surface area (TPSA) is 113 Å². The summed E-state index contributed by atoms with van der Waals surface area (Å²) in [7, 11) is -3.76. The zero-order valence-corrected chi connectivity index (χ0v) is 12.1. The van der Waals surface area contributed by atoms with Gasteiger partial charge in [0.2, 0.25) is 0 Å². The van der Waals surface area contributed by atoms with Gasteiger partial charge in [-0.1, -0.05) is 0 Å². The van der Waals surface area contributed by atoms with E-state index in [1.54, 1.807) is 0 Å². The van der Waals surface area contributed by atoms with E-state index in [0.29, 0.717) is 0 Å². The summed E-state index contributed by atoms with van der Waals surface area (Å²) in [6.07, 6.45) is 3.66. The first kappa shape index (κ1) is 16.6. The van der Waals surface area contributed by atoms with Crippen LogP contribution in [0.1, 0.15) is 12.5 Å². The molecule has 1 aromatic rings. The minimum Gasteiger partial charge on any atom is -0.462 e. The number of nitro groups is 1. The molecule has 0 bridgehead atoms. The monoisotopic (exact) mass is 315 g/mol. The number of ether oxygens (including phenoxy) is 1. The van der Waals surface area contributed by atoms with Crippen LogP contribution in [-0.4, -0.2) is 32.2 Å². The lowest BCUT2D eigenvalue weighted by Crippen LogP contribution is -2.06. The Morgan fingerprint density at radius 1 is 1.43 bits per heavy atom. The molecule has 0 aliphatic rings. The lowest BCUT2D eigenvalue weighted by atomic mass is 10.1. The van der Waals surface area contributed by atoms with Crippen LogP contribution in [0, 0.1) is 10.1 Å². The Morgan fingerprint density at radius 3 is 2.62 bits per heavy atom. The largest absolute Gasteiger partial charge is 0.462 e. The molecule has 114 valence electrons. The minimum atomic E-state index is -3.76. The minimum absolute atomic E-state index is 0.0198. The number of benzene rings is 1. The van der Waals surface area contributed by atoms with E-state index in [9.17, 15) is 23.3 Å². The number of carbonyl (C=O) groups excluding carboxylic acids is 1. The third-order valence-electron chi connectivity index (χ3n) is 2.13. The van der Waals surface area contributed by atoms with E-state index in [4.69, 9.17) is 0 Å². The van der Waals surface area contributed by atoms with E-state index in [0.717, 1.165) is 12.3 Å². The standard InChI is InChI=1S/C12H13NO7S/c1-9(14)19-7-3-4-10-5-6-11(20-21(2,17)18)8-12(10)13(15)16/h3-6,8H,7H2,1-2H3/b4-3+. The van der Waals surface area contributed by atoms with Crippen LogP contribution in [0.5, 0.6) is 5.75 Å². The molecule has 0 saturated carbocycles. The van der Waals surface area contributed by atoms with Gasteiger partial charge in [0, 0.05) is 6.92 Å². The van der Waals surface area contributed by atoms with Crippen LogP contribution in [0.4, 0.5) is 5.69 Å². The van der Waals surface area contributed by atoms with E-state index < -0.39 is 21.0 Å². The van der Waals surface area contributed by atoms with Crippen LogP contribution in [0.25, 0.3) is 6.08 Å². The molecule has 0 fully saturated rings. The van der Waals surface area contributed by atoms with Crippen molar-refractivity contribution >= 4 is 27.9 Å². The summed E-state index contributed by atoms with van der Waals surface area (Å²) in [5.41, 5.74) is -0.0942. The van der Waals surface area contributed by atoms with Crippen LogP contribution in [-0.2, 0) is 19.6 Å². The summed E-state index contributed by atoms with van der Waals surface area (Å²) in [4.78, 5) is 20.9. The van der Waals surface area contributed by atoms with Gasteiger partial charge in [-0.15, -0.1) is 0 Å². The number of rotatable bonds is 6. The van der Waals surface area contributed by atoms with Gasteiger partial charge in [0.1, 0.15) is 12.4 Å². The van der Waals surface area contributed by atoms with Crippen molar-refractivity contribution in [3.63, 3.8) is 0 Å². The summed E-state index contributed by atoms with van der Waals surface area (Å²) in [5, 5.41) is 11.0. The Labute approximate surface area is 121 Å². The van der Waals surface area contributed by atoms with E-state index in [2.05, 4.69) is 8.92 Å². The molecule has 0 aliphatic carbocycles. The van der Waals surface area contributed by atoms with Crippen molar-refractivity contribution in [3.8, 4) is 5.75 Å². The summed E-state index contributed by atoms with van der Waals surface area (Å²) in [5.74, 6) is -0.618. The number of hydrogen-bond acceptors (Lipinski definition) is 7. The van der Waals surface area contributed by atoms with Crippen LogP contribution in [0.2, 0.25) is 0 Å². The highest BCUT2D eigenvalue weighted by atomic mass is 32.2. The predicted octanol–water partition coefficient (Wildman–Crippen LogP) is 1.51. The fourth-order valence-corrected chi connectivity index (χ4v) is 1.84. The Bertz CT molecular complexity index is 679. The van der Waals surface area contributed by atoms with Crippen molar-refractivity contribution in [2.45, 2.75) is 6.92 Å². The average Bonchev–Trinajstić information content (AvgIpc) is 2.33. The quantitative estimate of drug-likeness (QED) is 0.338. The first-order valence-electron chi connectivity index (χ1n) is 5.67. The van der Waals surface area contributed by atoms with Crippen molar-refractivity contribution < 1.29 is 27.1 Å². The maximum atomic E-state index is 11.0. The Morgan fingerprint density at radius 2 is 2.10 bits per heavy atom. The fraction of sp³-hybridized carbons (Fsp3) is 0.250. The summed E-state index contributed by atoms with van der Waals surface area (Å²) >= 11 is 0. The highest BCUT2D eigenvalue weighted by molar-refractivity contribution is 7.86. The zero-order chi connectivity index (χ0) is 16.0. The molecule has 0 heterocycles. The molecule has 0 aromatic heterocycles. The van der Waals surface area contributed by atoms with Crippen LogP contribution >= 0.6 is 0 Å². The van der Waals surface area contributed by atoms with Gasteiger partial charge in [-0.2, -0.15) is 8.42 Å². The van der Waals surface area contributed by atoms with Crippen molar-refractivity contribution in [3.05, 3.63) is 40.0 Å². The highest BCUT2D eigenvalue weighted by Gasteiger charge is 2.15. The summed E-state index contributed by atoms with van der Waals surface area (Å²) < 4.78 is 31.2. The summed E-state index contributed by atoms with van der Waals surface area (Å²) in [6, 6.07) is 3.63. The maximum absolute atomic E-state index is 11.0. The molecule has 8 nitrogen and oxygen atoms in total. The van der Waals surface area contributed by atoms with Gasteiger partial charge in [0.15, 0.2) is 0 Å². The molecule has 1 aromatic carbocycles. The molecule has 0 amide bonds. The Kier molecular flexibility index (Phi) is 5.42. The number of nitro benzene ring substituents is 1. The molecule has 1 rings (SSSR count). The van der Waals surface area contributed by atoms with Gasteiger partial charge >= 0.3 is 16.1 Å². The number of esters is 1. The average molecular weight is 315 g/mol. The van der Waals surface area contributed by atoms with Gasteiger partial charge in [-0.3, -0.25) is 14.9 Å². The van der Waals surface area contributed by atoms with E-state index in [-0.39, 0.29) is 23.6 Å². The summed E-state index contributed by atoms with van der Waals surface area (Å²) in [6.45, 7) is 1.22. The van der Waals surface area contributed by atoms with Crippen LogP contribution in [0.15, 0.2) is 24.3 Å². The Hall–Kier alpha value is -2.42. The second-order valence-electron chi connectivity index (χ2n) is 3.97. The molecule has 0 unspecified atom stereocenters. The molecule has 0 spiro atoms. The number of carbonyl (C=O) groups is 1. The molecule has 0 saturated heterocycles. The first-order valence-corrected chi connectivity index (χ1v) is 7.48. The van der Waals surface area contributed by atoms with Gasteiger partial charge in [0.05, 0.1) is 22.8 Å². The van der Waals surface area contributed by atoms with Crippen molar-refractivity contribution in [1.29, 1.82) is 0 Å². The fourth-order valence-electron chi connectivity index (χ4n) is 1.39. The molecule has 0 N–H and O–H groups in total. The number of hydrogen-bond donors (Lipinski definition) is 0. The lowest BCUT2D eigenvalue weighted by Gasteiger charge is -2.04. The SMILES string of the molecule is CC(=O)OC/C=C/c1ccc(OS(C)(=O)=O)cc1[N+](=O)[O-]. The van der Waals surface area contributed by atoms with Gasteiger partial charge in [-0.05, 0) is 24.3 Å². The first-order chi connectivity index (χ1) is 9.69. The smallest absolute Gasteiger partial charge is 0.306 e. The van der Waals surface area contributed by atoms with Crippen LogP contribution in [0.3, 0.4) is 0 Å². The van der Waals surface area contributed by atoms with Gasteiger partial charge in [-0.25, -0.2) is 0 Å². The second-order valence-corrected chi connectivity index (χ2v) is 5.55. The van der Waals surface area contributed by atoms with Crippen LogP contribution < -0.4 is 4.18 Å². The third kappa shape index (κ3) is 6.04. The van der Waals surface area contributed by atoms with Crippen molar-refractivity contribution in [2.24, 2.45) is 0 Å². The molecular weight excluding hydrogens is 302 g/mol. The molecule has 21 heavy (non-hydrogen) atoms. The highest BCUT2D eigenvalue weighted by Crippen LogP contribution is 2.26. The van der Waals surface area contributed by atoms with Gasteiger partial charge < -0.3 is 8.92 Å². The van der Waals surface area contributed by atoms with Gasteiger partial charge in [0.25, 0.3) is 5.69 Å². The van der Waals surface area contributed by atoms with E-state index >= 15 is 0 Å². The molecule has 0 aliphatic heterocycles.